The molecule has 1 atom stereocenters. The summed E-state index contributed by atoms with van der Waals surface area (Å²) in [5.41, 5.74) is 4.61. The number of nitriles is 1. The average Bonchev–Trinajstić information content (AvgIpc) is 3.28. The summed E-state index contributed by atoms with van der Waals surface area (Å²) in [7, 11) is 1.64. The number of aromatic nitrogens is 1. The predicted molar refractivity (Wildman–Crippen MR) is 143 cm³/mol. The Hall–Kier alpha value is -4.18. The highest BCUT2D eigenvalue weighted by molar-refractivity contribution is 6.03. The fourth-order valence-electron chi connectivity index (χ4n) is 4.72. The van der Waals surface area contributed by atoms with Gasteiger partial charge >= 0.3 is 0 Å². The van der Waals surface area contributed by atoms with Gasteiger partial charge in [-0.1, -0.05) is 43.3 Å². The molecule has 0 spiro atoms. The van der Waals surface area contributed by atoms with Gasteiger partial charge in [0.25, 0.3) is 0 Å². The molecular formula is C30H31FN4O2. The molecule has 190 valence electrons. The fourth-order valence-corrected chi connectivity index (χ4v) is 4.72. The zero-order chi connectivity index (χ0) is 26.4. The highest BCUT2D eigenvalue weighted by Gasteiger charge is 2.44. The van der Waals surface area contributed by atoms with Crippen LogP contribution >= 0.6 is 0 Å². The topological polar surface area (TPSA) is 70.7 Å². The number of rotatable bonds is 5. The van der Waals surface area contributed by atoms with E-state index in [1.807, 2.05) is 45.0 Å². The smallest absolute Gasteiger partial charge is 0.212 e. The zero-order valence-electron chi connectivity index (χ0n) is 21.7. The van der Waals surface area contributed by atoms with Gasteiger partial charge in [0, 0.05) is 24.7 Å². The van der Waals surface area contributed by atoms with Gasteiger partial charge in [0.2, 0.25) is 5.72 Å². The molecule has 0 radical (unpaired) electrons. The van der Waals surface area contributed by atoms with Crippen LogP contribution in [0.2, 0.25) is 0 Å². The molecule has 3 aromatic rings. The lowest BCUT2D eigenvalue weighted by Gasteiger charge is -2.37. The Morgan fingerprint density at radius 1 is 1.16 bits per heavy atom. The van der Waals surface area contributed by atoms with Gasteiger partial charge in [-0.3, -0.25) is 0 Å². The van der Waals surface area contributed by atoms with Gasteiger partial charge in [-0.25, -0.2) is 9.37 Å². The number of fused-ring (bicyclic) bond motifs is 1. The number of hydrogen-bond donors (Lipinski definition) is 0. The lowest BCUT2D eigenvalue weighted by atomic mass is 9.95. The maximum atomic E-state index is 13.3. The van der Waals surface area contributed by atoms with E-state index in [4.69, 9.17) is 9.57 Å². The van der Waals surface area contributed by atoms with Crippen LogP contribution in [-0.2, 0) is 11.3 Å². The summed E-state index contributed by atoms with van der Waals surface area (Å²) in [6, 6.07) is 18.2. The number of ether oxygens (including phenoxy) is 1. The minimum atomic E-state index is -0.617. The molecule has 0 bridgehead atoms. The van der Waals surface area contributed by atoms with Crippen LogP contribution in [0.3, 0.4) is 0 Å². The number of methoxy groups -OCH3 is 1. The van der Waals surface area contributed by atoms with Gasteiger partial charge in [0.1, 0.15) is 23.3 Å². The van der Waals surface area contributed by atoms with Crippen LogP contribution in [0.1, 0.15) is 50.4 Å². The van der Waals surface area contributed by atoms with Crippen molar-refractivity contribution in [1.29, 1.82) is 5.26 Å². The second-order valence-electron chi connectivity index (χ2n) is 8.91. The van der Waals surface area contributed by atoms with Crippen molar-refractivity contribution in [3.8, 4) is 22.9 Å². The third-order valence-corrected chi connectivity index (χ3v) is 6.47. The molecule has 2 aliphatic heterocycles. The Morgan fingerprint density at radius 3 is 2.68 bits per heavy atom. The molecule has 37 heavy (non-hydrogen) atoms. The van der Waals surface area contributed by atoms with E-state index >= 15 is 0 Å². The van der Waals surface area contributed by atoms with Gasteiger partial charge in [-0.15, -0.1) is 0 Å². The second-order valence-corrected chi connectivity index (χ2v) is 8.91. The van der Waals surface area contributed by atoms with Crippen molar-refractivity contribution in [2.24, 2.45) is 5.16 Å². The first-order valence-electron chi connectivity index (χ1n) is 12.5. The summed E-state index contributed by atoms with van der Waals surface area (Å²) in [5, 5.41) is 13.6. The quantitative estimate of drug-likeness (QED) is 0.398. The first-order chi connectivity index (χ1) is 18.0. The molecule has 1 unspecified atom stereocenters. The van der Waals surface area contributed by atoms with E-state index in [1.54, 1.807) is 31.5 Å². The fraction of sp³-hybridized carbons (Fsp3) is 0.300. The van der Waals surface area contributed by atoms with Crippen molar-refractivity contribution in [2.45, 2.75) is 45.8 Å². The maximum absolute atomic E-state index is 13.3. The zero-order valence-corrected chi connectivity index (χ0v) is 21.7. The molecule has 1 aromatic heterocycles. The van der Waals surface area contributed by atoms with Gasteiger partial charge in [-0.2, -0.15) is 5.26 Å². The number of oxime groups is 1. The number of benzene rings is 2. The summed E-state index contributed by atoms with van der Waals surface area (Å²) >= 11 is 0. The number of nitrogens with zero attached hydrogens (tertiary/aromatic N) is 4. The van der Waals surface area contributed by atoms with Gasteiger partial charge < -0.3 is 14.5 Å². The summed E-state index contributed by atoms with van der Waals surface area (Å²) in [6.07, 6.45) is 6.23. The van der Waals surface area contributed by atoms with Gasteiger partial charge in [0.15, 0.2) is 5.84 Å². The molecule has 0 aliphatic carbocycles. The number of halogens is 1. The van der Waals surface area contributed by atoms with Gasteiger partial charge in [0.05, 0.1) is 7.11 Å². The minimum Gasteiger partial charge on any atom is -0.496 e. The van der Waals surface area contributed by atoms with Crippen molar-refractivity contribution >= 4 is 11.9 Å². The standard InChI is InChI=1S/C28H25FN4O2.C2H6/c1-28(17-19-5-8-23(29)9-6-19)33-13-3-4-22(27(33)32-35-28)14-20-7-10-25(26(15-20)34-2)21-11-12-31-24(16-21)18-30;1-2/h5-12,14-16H,3-4,13,17H2,1-2H3;1-2H3/b22-14+;. The van der Waals surface area contributed by atoms with Crippen LogP contribution in [0.5, 0.6) is 5.75 Å². The van der Waals surface area contributed by atoms with Crippen LogP contribution < -0.4 is 4.74 Å². The van der Waals surface area contributed by atoms with E-state index in [0.717, 1.165) is 53.0 Å². The van der Waals surface area contributed by atoms with E-state index in [2.05, 4.69) is 27.2 Å². The van der Waals surface area contributed by atoms with E-state index in [1.165, 1.54) is 12.1 Å². The summed E-state index contributed by atoms with van der Waals surface area (Å²) < 4.78 is 19.0. The largest absolute Gasteiger partial charge is 0.496 e. The third kappa shape index (κ3) is 5.49. The van der Waals surface area contributed by atoms with E-state index in [9.17, 15) is 9.65 Å². The number of hydrogen-bond acceptors (Lipinski definition) is 6. The van der Waals surface area contributed by atoms with Crippen LogP contribution in [0.15, 0.2) is 71.5 Å². The molecule has 6 nitrogen and oxygen atoms in total. The summed E-state index contributed by atoms with van der Waals surface area (Å²) in [4.78, 5) is 12.2. The van der Waals surface area contributed by atoms with Crippen LogP contribution in [-0.4, -0.2) is 35.1 Å². The first-order valence-corrected chi connectivity index (χ1v) is 12.5. The van der Waals surface area contributed by atoms with Crippen molar-refractivity contribution in [3.05, 3.63) is 89.0 Å². The Labute approximate surface area is 217 Å². The Morgan fingerprint density at radius 2 is 1.95 bits per heavy atom. The molecule has 2 aromatic carbocycles. The first kappa shape index (κ1) is 25.9. The summed E-state index contributed by atoms with van der Waals surface area (Å²) in [6.45, 7) is 6.87. The lowest BCUT2D eigenvalue weighted by molar-refractivity contribution is -0.0840. The van der Waals surface area contributed by atoms with E-state index in [-0.39, 0.29) is 5.82 Å². The van der Waals surface area contributed by atoms with E-state index in [0.29, 0.717) is 17.9 Å². The highest BCUT2D eigenvalue weighted by Crippen LogP contribution is 2.37. The normalized spacial score (nSPS) is 19.2. The van der Waals surface area contributed by atoms with E-state index < -0.39 is 5.72 Å². The van der Waals surface area contributed by atoms with Crippen molar-refractivity contribution in [2.75, 3.05) is 13.7 Å². The number of pyridine rings is 1. The Kier molecular flexibility index (Phi) is 7.88. The van der Waals surface area contributed by atoms with Crippen LogP contribution in [0.4, 0.5) is 4.39 Å². The number of amidine groups is 1. The second kappa shape index (κ2) is 11.3. The molecule has 1 fully saturated rings. The molecule has 7 heteroatoms. The lowest BCUT2D eigenvalue weighted by Crippen LogP contribution is -2.50. The molecule has 3 heterocycles. The molecule has 0 N–H and O–H groups in total. The average molecular weight is 499 g/mol. The molecule has 2 aliphatic rings. The van der Waals surface area contributed by atoms with Crippen LogP contribution in [0.25, 0.3) is 17.2 Å². The highest BCUT2D eigenvalue weighted by atomic mass is 19.1. The Bertz CT molecular complexity index is 1360. The maximum Gasteiger partial charge on any atom is 0.212 e. The molecular weight excluding hydrogens is 467 g/mol. The van der Waals surface area contributed by atoms with Crippen molar-refractivity contribution in [3.63, 3.8) is 0 Å². The molecule has 1 saturated heterocycles. The predicted octanol–water partition coefficient (Wildman–Crippen LogP) is 6.58. The minimum absolute atomic E-state index is 0.248. The molecule has 0 amide bonds. The third-order valence-electron chi connectivity index (χ3n) is 6.47. The summed E-state index contributed by atoms with van der Waals surface area (Å²) in [5.74, 6) is 1.31. The molecule has 5 rings (SSSR count). The molecule has 0 saturated carbocycles. The van der Waals surface area contributed by atoms with Crippen molar-refractivity contribution < 1.29 is 14.0 Å². The number of piperidine rings is 1. The Balaban J connectivity index is 0.00000156. The monoisotopic (exact) mass is 498 g/mol. The SMILES string of the molecule is CC.COc1cc(/C=C2\CCCN3C2=NOC3(C)Cc2ccc(F)cc2)ccc1-c1ccnc(C#N)c1. The van der Waals surface area contributed by atoms with Gasteiger partial charge in [-0.05, 0) is 78.4 Å². The van der Waals surface area contributed by atoms with Crippen molar-refractivity contribution in [1.82, 2.24) is 9.88 Å². The van der Waals surface area contributed by atoms with Crippen LogP contribution in [0, 0.1) is 17.1 Å².